The quantitative estimate of drug-likeness (QED) is 0.660. The standard InChI is InChI=1S/C13H22N2O4/c1-13(12(17)18)8-19-7-10(13)15-11(16)6-14-9-4-2-3-5-9/h9-10,14H,2-8H2,1H3,(H,15,16)(H,17,18). The Morgan fingerprint density at radius 1 is 1.37 bits per heavy atom. The highest BCUT2D eigenvalue weighted by molar-refractivity contribution is 5.81. The third kappa shape index (κ3) is 3.25. The van der Waals surface area contributed by atoms with E-state index in [2.05, 4.69) is 10.6 Å². The monoisotopic (exact) mass is 270 g/mol. The number of carbonyl (C=O) groups is 2. The van der Waals surface area contributed by atoms with Crippen molar-refractivity contribution in [3.05, 3.63) is 0 Å². The molecule has 0 aromatic carbocycles. The molecule has 0 radical (unpaired) electrons. The molecule has 2 atom stereocenters. The largest absolute Gasteiger partial charge is 0.481 e. The first-order valence-electron chi connectivity index (χ1n) is 6.86. The summed E-state index contributed by atoms with van der Waals surface area (Å²) >= 11 is 0. The Kier molecular flexibility index (Phi) is 4.42. The van der Waals surface area contributed by atoms with Crippen molar-refractivity contribution in [2.24, 2.45) is 5.41 Å². The maximum Gasteiger partial charge on any atom is 0.313 e. The van der Waals surface area contributed by atoms with Crippen LogP contribution in [0.1, 0.15) is 32.6 Å². The van der Waals surface area contributed by atoms with Gasteiger partial charge in [0.15, 0.2) is 0 Å². The topological polar surface area (TPSA) is 87.7 Å². The Hall–Kier alpha value is -1.14. The van der Waals surface area contributed by atoms with E-state index in [1.54, 1.807) is 6.92 Å². The average molecular weight is 270 g/mol. The molecular formula is C13H22N2O4. The van der Waals surface area contributed by atoms with Crippen LogP contribution in [-0.4, -0.2) is 48.8 Å². The van der Waals surface area contributed by atoms with E-state index in [0.29, 0.717) is 6.04 Å². The molecule has 3 N–H and O–H groups in total. The van der Waals surface area contributed by atoms with Crippen LogP contribution in [0.5, 0.6) is 0 Å². The van der Waals surface area contributed by atoms with Gasteiger partial charge in [-0.05, 0) is 19.8 Å². The van der Waals surface area contributed by atoms with Gasteiger partial charge in [-0.3, -0.25) is 9.59 Å². The van der Waals surface area contributed by atoms with Crippen LogP contribution in [0.2, 0.25) is 0 Å². The highest BCUT2D eigenvalue weighted by Crippen LogP contribution is 2.28. The number of carboxylic acid groups (broad SMARTS) is 1. The lowest BCUT2D eigenvalue weighted by Crippen LogP contribution is -2.52. The average Bonchev–Trinajstić information content (AvgIpc) is 2.98. The normalized spacial score (nSPS) is 31.5. The minimum Gasteiger partial charge on any atom is -0.481 e. The Morgan fingerprint density at radius 3 is 2.68 bits per heavy atom. The number of carboxylic acids is 1. The van der Waals surface area contributed by atoms with Gasteiger partial charge in [0, 0.05) is 6.04 Å². The van der Waals surface area contributed by atoms with Gasteiger partial charge in [-0.1, -0.05) is 12.8 Å². The third-order valence-electron chi connectivity index (χ3n) is 4.19. The SMILES string of the molecule is CC1(C(=O)O)COCC1NC(=O)CNC1CCCC1. The summed E-state index contributed by atoms with van der Waals surface area (Å²) in [5.41, 5.74) is -1.02. The Bertz CT molecular complexity index is 355. The zero-order chi connectivity index (χ0) is 13.9. The van der Waals surface area contributed by atoms with Crippen LogP contribution in [0.3, 0.4) is 0 Å². The van der Waals surface area contributed by atoms with E-state index in [9.17, 15) is 14.7 Å². The van der Waals surface area contributed by atoms with Crippen molar-refractivity contribution >= 4 is 11.9 Å². The van der Waals surface area contributed by atoms with Crippen molar-refractivity contribution < 1.29 is 19.4 Å². The second-order valence-electron chi connectivity index (χ2n) is 5.72. The Labute approximate surface area is 112 Å². The maximum absolute atomic E-state index is 11.8. The van der Waals surface area contributed by atoms with E-state index in [-0.39, 0.29) is 25.7 Å². The van der Waals surface area contributed by atoms with Gasteiger partial charge in [-0.15, -0.1) is 0 Å². The number of aliphatic carboxylic acids is 1. The molecule has 2 unspecified atom stereocenters. The van der Waals surface area contributed by atoms with E-state index < -0.39 is 17.4 Å². The first kappa shape index (κ1) is 14.3. The number of carbonyl (C=O) groups excluding carboxylic acids is 1. The first-order chi connectivity index (χ1) is 9.02. The van der Waals surface area contributed by atoms with Gasteiger partial charge in [0.25, 0.3) is 0 Å². The summed E-state index contributed by atoms with van der Waals surface area (Å²) in [7, 11) is 0. The van der Waals surface area contributed by atoms with E-state index in [0.717, 1.165) is 12.8 Å². The Morgan fingerprint density at radius 2 is 2.05 bits per heavy atom. The lowest BCUT2D eigenvalue weighted by molar-refractivity contribution is -0.149. The molecule has 6 heteroatoms. The lowest BCUT2D eigenvalue weighted by atomic mass is 9.85. The summed E-state index contributed by atoms with van der Waals surface area (Å²) in [4.78, 5) is 23.1. The molecule has 1 amide bonds. The van der Waals surface area contributed by atoms with Gasteiger partial charge in [-0.2, -0.15) is 0 Å². The van der Waals surface area contributed by atoms with Crippen LogP contribution in [0, 0.1) is 5.41 Å². The van der Waals surface area contributed by atoms with Gasteiger partial charge < -0.3 is 20.5 Å². The first-order valence-corrected chi connectivity index (χ1v) is 6.86. The van der Waals surface area contributed by atoms with Crippen LogP contribution < -0.4 is 10.6 Å². The summed E-state index contributed by atoms with van der Waals surface area (Å²) in [5.74, 6) is -1.09. The fourth-order valence-corrected chi connectivity index (χ4v) is 2.70. The number of hydrogen-bond donors (Lipinski definition) is 3. The van der Waals surface area contributed by atoms with Crippen LogP contribution in [0.25, 0.3) is 0 Å². The summed E-state index contributed by atoms with van der Waals surface area (Å²) in [6.07, 6.45) is 4.67. The highest BCUT2D eigenvalue weighted by Gasteiger charge is 2.47. The van der Waals surface area contributed by atoms with Gasteiger partial charge in [0.2, 0.25) is 5.91 Å². The molecule has 19 heavy (non-hydrogen) atoms. The van der Waals surface area contributed by atoms with Crippen molar-refractivity contribution in [3.63, 3.8) is 0 Å². The second-order valence-corrected chi connectivity index (χ2v) is 5.72. The molecule has 1 aliphatic carbocycles. The van der Waals surface area contributed by atoms with Crippen molar-refractivity contribution in [1.29, 1.82) is 0 Å². The summed E-state index contributed by atoms with van der Waals surface area (Å²) in [5, 5.41) is 15.2. The molecule has 0 aromatic rings. The highest BCUT2D eigenvalue weighted by atomic mass is 16.5. The maximum atomic E-state index is 11.8. The number of nitrogens with one attached hydrogen (secondary N) is 2. The molecule has 0 aromatic heterocycles. The predicted octanol–water partition coefficient (Wildman–Crippen LogP) is 0.124. The van der Waals surface area contributed by atoms with E-state index in [1.807, 2.05) is 0 Å². The zero-order valence-electron chi connectivity index (χ0n) is 11.3. The minimum atomic E-state index is -1.02. The number of amides is 1. The molecular weight excluding hydrogens is 248 g/mol. The van der Waals surface area contributed by atoms with Gasteiger partial charge in [0.1, 0.15) is 5.41 Å². The molecule has 0 spiro atoms. The van der Waals surface area contributed by atoms with Crippen LogP contribution in [0.15, 0.2) is 0 Å². The van der Waals surface area contributed by atoms with Crippen molar-refractivity contribution in [2.75, 3.05) is 19.8 Å². The van der Waals surface area contributed by atoms with Crippen molar-refractivity contribution in [1.82, 2.24) is 10.6 Å². The molecule has 1 saturated heterocycles. The smallest absolute Gasteiger partial charge is 0.313 e. The molecule has 1 aliphatic heterocycles. The van der Waals surface area contributed by atoms with Gasteiger partial charge in [-0.25, -0.2) is 0 Å². The second kappa shape index (κ2) is 5.88. The van der Waals surface area contributed by atoms with Gasteiger partial charge >= 0.3 is 5.97 Å². The lowest BCUT2D eigenvalue weighted by Gasteiger charge is -2.25. The molecule has 2 rings (SSSR count). The van der Waals surface area contributed by atoms with E-state index >= 15 is 0 Å². The van der Waals surface area contributed by atoms with Crippen molar-refractivity contribution in [3.8, 4) is 0 Å². The molecule has 1 saturated carbocycles. The van der Waals surface area contributed by atoms with E-state index in [1.165, 1.54) is 12.8 Å². The fourth-order valence-electron chi connectivity index (χ4n) is 2.70. The predicted molar refractivity (Wildman–Crippen MR) is 68.8 cm³/mol. The number of ether oxygens (including phenoxy) is 1. The minimum absolute atomic E-state index is 0.142. The molecule has 6 nitrogen and oxygen atoms in total. The summed E-state index contributed by atoms with van der Waals surface area (Å²) in [6.45, 7) is 2.26. The van der Waals surface area contributed by atoms with Crippen LogP contribution in [0.4, 0.5) is 0 Å². The van der Waals surface area contributed by atoms with Crippen LogP contribution >= 0.6 is 0 Å². The van der Waals surface area contributed by atoms with Gasteiger partial charge in [0.05, 0.1) is 25.8 Å². The fraction of sp³-hybridized carbons (Fsp3) is 0.846. The molecule has 108 valence electrons. The Balaban J connectivity index is 1.79. The molecule has 2 aliphatic rings. The number of rotatable bonds is 5. The van der Waals surface area contributed by atoms with Crippen LogP contribution in [-0.2, 0) is 14.3 Å². The molecule has 0 bridgehead atoms. The number of hydrogen-bond acceptors (Lipinski definition) is 4. The van der Waals surface area contributed by atoms with Crippen molar-refractivity contribution in [2.45, 2.75) is 44.7 Å². The third-order valence-corrected chi connectivity index (χ3v) is 4.19. The summed E-state index contributed by atoms with van der Waals surface area (Å²) < 4.78 is 5.20. The summed E-state index contributed by atoms with van der Waals surface area (Å²) in [6, 6.07) is -0.0284. The molecule has 2 fully saturated rings. The molecule has 1 heterocycles. The zero-order valence-corrected chi connectivity index (χ0v) is 11.3. The van der Waals surface area contributed by atoms with E-state index in [4.69, 9.17) is 4.74 Å².